The van der Waals surface area contributed by atoms with Crippen molar-refractivity contribution < 1.29 is 14.4 Å². The zero-order valence-electron chi connectivity index (χ0n) is 8.40. The van der Waals surface area contributed by atoms with Gasteiger partial charge in [-0.05, 0) is 28.1 Å². The standard InChI is InChI=1S/C10H9BrN2O3/c1-15-7-3-2-5(9(11)10(7)14)6-4-8(12)16-13-6/h2-4,14H,12H2,1H3. The summed E-state index contributed by atoms with van der Waals surface area (Å²) in [6, 6.07) is 4.96. The fourth-order valence-corrected chi connectivity index (χ4v) is 1.86. The number of aromatic hydroxyl groups is 1. The number of ether oxygens (including phenoxy) is 1. The van der Waals surface area contributed by atoms with Crippen molar-refractivity contribution in [3.63, 3.8) is 0 Å². The van der Waals surface area contributed by atoms with Gasteiger partial charge in [0.15, 0.2) is 11.5 Å². The lowest BCUT2D eigenvalue weighted by Crippen LogP contribution is -1.87. The fourth-order valence-electron chi connectivity index (χ4n) is 1.33. The monoisotopic (exact) mass is 284 g/mol. The quantitative estimate of drug-likeness (QED) is 0.885. The van der Waals surface area contributed by atoms with Gasteiger partial charge in [0.25, 0.3) is 0 Å². The van der Waals surface area contributed by atoms with E-state index in [9.17, 15) is 5.11 Å². The van der Waals surface area contributed by atoms with Crippen molar-refractivity contribution in [2.75, 3.05) is 12.8 Å². The first-order valence-electron chi connectivity index (χ1n) is 4.41. The minimum atomic E-state index is 0.0153. The maximum Gasteiger partial charge on any atom is 0.222 e. The first kappa shape index (κ1) is 10.8. The molecule has 0 spiro atoms. The number of methoxy groups -OCH3 is 1. The Morgan fingerprint density at radius 3 is 2.81 bits per heavy atom. The van der Waals surface area contributed by atoms with Crippen molar-refractivity contribution in [2.45, 2.75) is 0 Å². The van der Waals surface area contributed by atoms with Crippen molar-refractivity contribution >= 4 is 21.8 Å². The SMILES string of the molecule is COc1ccc(-c2cc(N)on2)c(Br)c1O. The van der Waals surface area contributed by atoms with Gasteiger partial charge in [-0.1, -0.05) is 5.16 Å². The number of phenols is 1. The maximum atomic E-state index is 9.78. The van der Waals surface area contributed by atoms with Crippen LogP contribution in [0.4, 0.5) is 5.88 Å². The van der Waals surface area contributed by atoms with Gasteiger partial charge < -0.3 is 20.1 Å². The first-order chi connectivity index (χ1) is 7.63. The molecule has 0 aliphatic heterocycles. The van der Waals surface area contributed by atoms with Crippen LogP contribution in [0.1, 0.15) is 0 Å². The minimum Gasteiger partial charge on any atom is -0.503 e. The predicted molar refractivity (Wildman–Crippen MR) is 62.3 cm³/mol. The largest absolute Gasteiger partial charge is 0.503 e. The summed E-state index contributed by atoms with van der Waals surface area (Å²) in [5.41, 5.74) is 6.65. The molecule has 5 nitrogen and oxygen atoms in total. The van der Waals surface area contributed by atoms with Gasteiger partial charge in [0.1, 0.15) is 5.69 Å². The van der Waals surface area contributed by atoms with Gasteiger partial charge in [-0.25, -0.2) is 0 Å². The second-order valence-corrected chi connectivity index (χ2v) is 3.89. The number of rotatable bonds is 2. The van der Waals surface area contributed by atoms with Crippen molar-refractivity contribution in [3.05, 3.63) is 22.7 Å². The van der Waals surface area contributed by atoms with E-state index < -0.39 is 0 Å². The van der Waals surface area contributed by atoms with Crippen LogP contribution in [-0.2, 0) is 0 Å². The summed E-state index contributed by atoms with van der Waals surface area (Å²) in [4.78, 5) is 0. The van der Waals surface area contributed by atoms with E-state index in [4.69, 9.17) is 15.0 Å². The van der Waals surface area contributed by atoms with Gasteiger partial charge in [0.05, 0.1) is 11.6 Å². The zero-order chi connectivity index (χ0) is 11.7. The number of nitrogens with zero attached hydrogens (tertiary/aromatic N) is 1. The number of nitrogen functional groups attached to an aromatic ring is 1. The van der Waals surface area contributed by atoms with Gasteiger partial charge in [0, 0.05) is 11.6 Å². The van der Waals surface area contributed by atoms with Crippen LogP contribution >= 0.6 is 15.9 Å². The van der Waals surface area contributed by atoms with Gasteiger partial charge in [-0.15, -0.1) is 0 Å². The predicted octanol–water partition coefficient (Wildman–Crippen LogP) is 2.40. The third-order valence-corrected chi connectivity index (χ3v) is 2.91. The molecule has 1 aromatic carbocycles. The molecule has 6 heteroatoms. The Balaban J connectivity index is 2.55. The second kappa shape index (κ2) is 4.05. The molecule has 3 N–H and O–H groups in total. The summed E-state index contributed by atoms with van der Waals surface area (Å²) in [6.07, 6.45) is 0. The summed E-state index contributed by atoms with van der Waals surface area (Å²) < 4.78 is 10.2. The van der Waals surface area contributed by atoms with Crippen LogP contribution in [0.2, 0.25) is 0 Å². The normalized spacial score (nSPS) is 10.4. The molecule has 0 radical (unpaired) electrons. The van der Waals surface area contributed by atoms with E-state index in [1.54, 1.807) is 18.2 Å². The lowest BCUT2D eigenvalue weighted by atomic mass is 10.1. The van der Waals surface area contributed by atoms with Crippen LogP contribution in [0, 0.1) is 0 Å². The zero-order valence-corrected chi connectivity index (χ0v) is 9.98. The second-order valence-electron chi connectivity index (χ2n) is 3.09. The topological polar surface area (TPSA) is 81.5 Å². The molecule has 0 unspecified atom stereocenters. The highest BCUT2D eigenvalue weighted by Gasteiger charge is 2.14. The van der Waals surface area contributed by atoms with E-state index in [2.05, 4.69) is 21.1 Å². The fraction of sp³-hybridized carbons (Fsp3) is 0.100. The van der Waals surface area contributed by atoms with Crippen molar-refractivity contribution in [2.24, 2.45) is 0 Å². The van der Waals surface area contributed by atoms with Gasteiger partial charge in [-0.3, -0.25) is 0 Å². The number of hydrogen-bond acceptors (Lipinski definition) is 5. The molecule has 0 bridgehead atoms. The van der Waals surface area contributed by atoms with Crippen molar-refractivity contribution in [1.82, 2.24) is 5.16 Å². The van der Waals surface area contributed by atoms with E-state index >= 15 is 0 Å². The average molecular weight is 285 g/mol. The molecule has 2 aromatic rings. The van der Waals surface area contributed by atoms with Crippen molar-refractivity contribution in [3.8, 4) is 22.8 Å². The highest BCUT2D eigenvalue weighted by molar-refractivity contribution is 9.10. The smallest absolute Gasteiger partial charge is 0.222 e. The Bertz CT molecular complexity index is 525. The van der Waals surface area contributed by atoms with Crippen LogP contribution in [0.5, 0.6) is 11.5 Å². The van der Waals surface area contributed by atoms with E-state index in [-0.39, 0.29) is 11.6 Å². The first-order valence-corrected chi connectivity index (χ1v) is 5.20. The number of anilines is 1. The molecule has 0 amide bonds. The number of hydrogen-bond donors (Lipinski definition) is 2. The van der Waals surface area contributed by atoms with Crippen LogP contribution in [0.3, 0.4) is 0 Å². The van der Waals surface area contributed by atoms with Crippen LogP contribution in [0.15, 0.2) is 27.2 Å². The van der Waals surface area contributed by atoms with Gasteiger partial charge in [0.2, 0.25) is 5.88 Å². The van der Waals surface area contributed by atoms with Crippen LogP contribution in [-0.4, -0.2) is 17.4 Å². The molecule has 0 fully saturated rings. The van der Waals surface area contributed by atoms with Crippen LogP contribution < -0.4 is 10.5 Å². The molecular formula is C10H9BrN2O3. The summed E-state index contributed by atoms with van der Waals surface area (Å²) in [5.74, 6) is 0.617. The minimum absolute atomic E-state index is 0.0153. The molecule has 1 aromatic heterocycles. The Morgan fingerprint density at radius 1 is 1.50 bits per heavy atom. The Kier molecular flexibility index (Phi) is 2.74. The van der Waals surface area contributed by atoms with Crippen LogP contribution in [0.25, 0.3) is 11.3 Å². The molecule has 2 rings (SSSR count). The van der Waals surface area contributed by atoms with Crippen molar-refractivity contribution in [1.29, 1.82) is 0 Å². The van der Waals surface area contributed by atoms with Gasteiger partial charge >= 0.3 is 0 Å². The third-order valence-electron chi connectivity index (χ3n) is 2.10. The summed E-state index contributed by atoms with van der Waals surface area (Å²) in [6.45, 7) is 0. The van der Waals surface area contributed by atoms with E-state index in [1.807, 2.05) is 0 Å². The number of aromatic nitrogens is 1. The van der Waals surface area contributed by atoms with E-state index in [0.717, 1.165) is 0 Å². The molecule has 0 aliphatic carbocycles. The lowest BCUT2D eigenvalue weighted by Gasteiger charge is -2.07. The molecule has 1 heterocycles. The molecule has 16 heavy (non-hydrogen) atoms. The van der Waals surface area contributed by atoms with Gasteiger partial charge in [-0.2, -0.15) is 0 Å². The third kappa shape index (κ3) is 1.71. The summed E-state index contributed by atoms with van der Waals surface area (Å²) >= 11 is 3.27. The number of benzene rings is 1. The highest BCUT2D eigenvalue weighted by Crippen LogP contribution is 2.40. The highest BCUT2D eigenvalue weighted by atomic mass is 79.9. The molecular weight excluding hydrogens is 276 g/mol. The number of phenolic OH excluding ortho intramolecular Hbond substituents is 1. The summed E-state index contributed by atoms with van der Waals surface area (Å²) in [7, 11) is 1.48. The molecule has 84 valence electrons. The molecule has 0 atom stereocenters. The Morgan fingerprint density at radius 2 is 2.25 bits per heavy atom. The molecule has 0 saturated heterocycles. The maximum absolute atomic E-state index is 9.78. The molecule has 0 saturated carbocycles. The Labute approximate surface area is 99.9 Å². The lowest BCUT2D eigenvalue weighted by molar-refractivity contribution is 0.372. The molecule has 0 aliphatic rings. The van der Waals surface area contributed by atoms with E-state index in [0.29, 0.717) is 21.5 Å². The number of nitrogens with two attached hydrogens (primary N) is 1. The summed E-state index contributed by atoms with van der Waals surface area (Å²) in [5, 5.41) is 13.5. The Hall–Kier alpha value is -1.69. The number of halogens is 1. The average Bonchev–Trinajstić information content (AvgIpc) is 2.69. The van der Waals surface area contributed by atoms with E-state index in [1.165, 1.54) is 7.11 Å².